The molecule has 0 radical (unpaired) electrons. The standard InChI is InChI=1S/C9H6O4/c10-4-6-1-2-7(5-11)8(3-6)9(12)13/h1-5H,(H,12,13). The molecule has 4 heteroatoms. The first-order valence-electron chi connectivity index (χ1n) is 3.46. The van der Waals surface area contributed by atoms with Gasteiger partial charge in [-0.2, -0.15) is 0 Å². The quantitative estimate of drug-likeness (QED) is 0.701. The fourth-order valence-electron chi connectivity index (χ4n) is 0.935. The molecule has 1 rings (SSSR count). The van der Waals surface area contributed by atoms with Gasteiger partial charge in [-0.15, -0.1) is 0 Å². The molecule has 0 aliphatic carbocycles. The van der Waals surface area contributed by atoms with Crippen molar-refractivity contribution >= 4 is 18.5 Å². The molecule has 0 aromatic heterocycles. The topological polar surface area (TPSA) is 71.4 Å². The van der Waals surface area contributed by atoms with Gasteiger partial charge in [0.25, 0.3) is 0 Å². The summed E-state index contributed by atoms with van der Waals surface area (Å²) < 4.78 is 0. The number of hydrogen-bond acceptors (Lipinski definition) is 3. The Labute approximate surface area is 73.8 Å². The summed E-state index contributed by atoms with van der Waals surface area (Å²) >= 11 is 0. The zero-order valence-corrected chi connectivity index (χ0v) is 6.56. The van der Waals surface area contributed by atoms with Crippen molar-refractivity contribution in [2.45, 2.75) is 0 Å². The van der Waals surface area contributed by atoms with Crippen molar-refractivity contribution in [1.29, 1.82) is 0 Å². The second-order valence-electron chi connectivity index (χ2n) is 2.39. The van der Waals surface area contributed by atoms with Crippen molar-refractivity contribution in [3.05, 3.63) is 34.9 Å². The zero-order chi connectivity index (χ0) is 9.84. The SMILES string of the molecule is O=Cc1ccc(C=O)c(C(=O)O)c1. The van der Waals surface area contributed by atoms with Crippen molar-refractivity contribution in [2.24, 2.45) is 0 Å². The summed E-state index contributed by atoms with van der Waals surface area (Å²) in [6.07, 6.45) is 0.971. The summed E-state index contributed by atoms with van der Waals surface area (Å²) in [5.74, 6) is -1.22. The first kappa shape index (κ1) is 9.12. The average molecular weight is 178 g/mol. The maximum absolute atomic E-state index is 10.6. The highest BCUT2D eigenvalue weighted by atomic mass is 16.4. The van der Waals surface area contributed by atoms with Crippen LogP contribution in [0.4, 0.5) is 0 Å². The molecule has 0 saturated heterocycles. The number of carboxylic acids is 1. The van der Waals surface area contributed by atoms with Crippen molar-refractivity contribution in [2.75, 3.05) is 0 Å². The highest BCUT2D eigenvalue weighted by Crippen LogP contribution is 2.08. The largest absolute Gasteiger partial charge is 0.478 e. The van der Waals surface area contributed by atoms with Crippen LogP contribution in [-0.2, 0) is 0 Å². The summed E-state index contributed by atoms with van der Waals surface area (Å²) in [6, 6.07) is 3.86. The van der Waals surface area contributed by atoms with Gasteiger partial charge in [-0.3, -0.25) is 9.59 Å². The van der Waals surface area contributed by atoms with E-state index in [2.05, 4.69) is 0 Å². The minimum atomic E-state index is -1.22. The normalized spacial score (nSPS) is 9.23. The average Bonchev–Trinajstić information content (AvgIpc) is 2.16. The molecule has 1 N–H and O–H groups in total. The van der Waals surface area contributed by atoms with Crippen molar-refractivity contribution in [1.82, 2.24) is 0 Å². The van der Waals surface area contributed by atoms with E-state index in [9.17, 15) is 14.4 Å². The number of hydrogen-bond donors (Lipinski definition) is 1. The summed E-state index contributed by atoms with van der Waals surface area (Å²) in [5, 5.41) is 8.64. The molecule has 0 bridgehead atoms. The molecule has 0 aliphatic rings. The van der Waals surface area contributed by atoms with Crippen molar-refractivity contribution in [3.63, 3.8) is 0 Å². The van der Waals surface area contributed by atoms with Gasteiger partial charge in [0.15, 0.2) is 6.29 Å². The molecular formula is C9H6O4. The lowest BCUT2D eigenvalue weighted by Crippen LogP contribution is -2.02. The third-order valence-electron chi connectivity index (χ3n) is 1.57. The van der Waals surface area contributed by atoms with E-state index in [0.717, 1.165) is 0 Å². The lowest BCUT2D eigenvalue weighted by Gasteiger charge is -1.98. The Balaban J connectivity index is 3.33. The predicted molar refractivity (Wildman–Crippen MR) is 44.2 cm³/mol. The summed E-state index contributed by atoms with van der Waals surface area (Å²) in [6.45, 7) is 0. The van der Waals surface area contributed by atoms with Crippen LogP contribution in [-0.4, -0.2) is 23.6 Å². The van der Waals surface area contributed by atoms with E-state index < -0.39 is 5.97 Å². The molecular weight excluding hydrogens is 172 g/mol. The van der Waals surface area contributed by atoms with Gasteiger partial charge < -0.3 is 5.11 Å². The van der Waals surface area contributed by atoms with Gasteiger partial charge >= 0.3 is 5.97 Å². The van der Waals surface area contributed by atoms with E-state index in [-0.39, 0.29) is 16.7 Å². The van der Waals surface area contributed by atoms with Crippen LogP contribution < -0.4 is 0 Å². The van der Waals surface area contributed by atoms with E-state index in [1.807, 2.05) is 0 Å². The molecule has 0 unspecified atom stereocenters. The maximum atomic E-state index is 10.6. The fourth-order valence-corrected chi connectivity index (χ4v) is 0.935. The van der Waals surface area contributed by atoms with Gasteiger partial charge in [0.2, 0.25) is 0 Å². The van der Waals surface area contributed by atoms with Gasteiger partial charge in [-0.1, -0.05) is 12.1 Å². The molecule has 0 spiro atoms. The van der Waals surface area contributed by atoms with Gasteiger partial charge in [0, 0.05) is 11.1 Å². The second-order valence-corrected chi connectivity index (χ2v) is 2.39. The van der Waals surface area contributed by atoms with E-state index in [1.165, 1.54) is 18.2 Å². The Bertz CT molecular complexity index is 368. The van der Waals surface area contributed by atoms with Crippen molar-refractivity contribution < 1.29 is 19.5 Å². The molecule has 0 fully saturated rings. The van der Waals surface area contributed by atoms with Crippen LogP contribution in [0.3, 0.4) is 0 Å². The molecule has 0 atom stereocenters. The van der Waals surface area contributed by atoms with Gasteiger partial charge in [-0.25, -0.2) is 4.79 Å². The Morgan fingerprint density at radius 3 is 2.38 bits per heavy atom. The number of aldehydes is 2. The predicted octanol–water partition coefficient (Wildman–Crippen LogP) is 1.01. The Kier molecular flexibility index (Phi) is 2.54. The van der Waals surface area contributed by atoms with E-state index in [1.54, 1.807) is 0 Å². The highest BCUT2D eigenvalue weighted by molar-refractivity contribution is 5.98. The molecule has 1 aromatic carbocycles. The van der Waals surface area contributed by atoms with Crippen LogP contribution in [0.15, 0.2) is 18.2 Å². The molecule has 66 valence electrons. The summed E-state index contributed by atoms with van der Waals surface area (Å²) in [5.41, 5.74) is 0.153. The van der Waals surface area contributed by atoms with Crippen molar-refractivity contribution in [3.8, 4) is 0 Å². The Morgan fingerprint density at radius 1 is 1.23 bits per heavy atom. The van der Waals surface area contributed by atoms with Gasteiger partial charge in [0.05, 0.1) is 5.56 Å². The van der Waals surface area contributed by atoms with Crippen LogP contribution in [0.2, 0.25) is 0 Å². The molecule has 13 heavy (non-hydrogen) atoms. The first-order chi connectivity index (χ1) is 6.19. The smallest absolute Gasteiger partial charge is 0.336 e. The van der Waals surface area contributed by atoms with Crippen LogP contribution >= 0.6 is 0 Å². The maximum Gasteiger partial charge on any atom is 0.336 e. The summed E-state index contributed by atoms with van der Waals surface area (Å²) in [7, 11) is 0. The summed E-state index contributed by atoms with van der Waals surface area (Å²) in [4.78, 5) is 31.3. The second kappa shape index (κ2) is 3.62. The lowest BCUT2D eigenvalue weighted by molar-refractivity contribution is 0.0694. The van der Waals surface area contributed by atoms with Crippen LogP contribution in [0, 0.1) is 0 Å². The molecule has 0 aliphatic heterocycles. The Morgan fingerprint density at radius 2 is 1.92 bits per heavy atom. The van der Waals surface area contributed by atoms with Gasteiger partial charge in [-0.05, 0) is 6.07 Å². The molecule has 4 nitrogen and oxygen atoms in total. The van der Waals surface area contributed by atoms with E-state index in [0.29, 0.717) is 12.6 Å². The minimum absolute atomic E-state index is 0.0677. The van der Waals surface area contributed by atoms with Crippen LogP contribution in [0.5, 0.6) is 0 Å². The molecule has 1 aromatic rings. The highest BCUT2D eigenvalue weighted by Gasteiger charge is 2.09. The van der Waals surface area contributed by atoms with Crippen LogP contribution in [0.25, 0.3) is 0 Å². The van der Waals surface area contributed by atoms with E-state index in [4.69, 9.17) is 5.11 Å². The first-order valence-corrected chi connectivity index (χ1v) is 3.46. The van der Waals surface area contributed by atoms with Gasteiger partial charge in [0.1, 0.15) is 6.29 Å². The third-order valence-corrected chi connectivity index (χ3v) is 1.57. The third kappa shape index (κ3) is 1.79. The monoisotopic (exact) mass is 178 g/mol. The van der Waals surface area contributed by atoms with Crippen LogP contribution in [0.1, 0.15) is 31.1 Å². The zero-order valence-electron chi connectivity index (χ0n) is 6.56. The minimum Gasteiger partial charge on any atom is -0.478 e. The molecule has 0 heterocycles. The molecule has 0 saturated carbocycles. The number of rotatable bonds is 3. The van der Waals surface area contributed by atoms with E-state index >= 15 is 0 Å². The Hall–Kier alpha value is -1.97. The molecule has 0 amide bonds. The number of carbonyl (C=O) groups is 3. The fraction of sp³-hybridized carbons (Fsp3) is 0. The number of carboxylic acid groups (broad SMARTS) is 1. The lowest BCUT2D eigenvalue weighted by atomic mass is 10.1. The number of aromatic carboxylic acids is 1. The number of carbonyl (C=O) groups excluding carboxylic acids is 2. The number of benzene rings is 1.